The van der Waals surface area contributed by atoms with Crippen molar-refractivity contribution in [2.75, 3.05) is 14.2 Å². The van der Waals surface area contributed by atoms with Crippen LogP contribution in [0.2, 0.25) is 0 Å². The highest BCUT2D eigenvalue weighted by Gasteiger charge is 2.14. The van der Waals surface area contributed by atoms with E-state index < -0.39 is 0 Å². The maximum Gasteiger partial charge on any atom is 0.283 e. The summed E-state index contributed by atoms with van der Waals surface area (Å²) in [5.74, 6) is 1.22. The van der Waals surface area contributed by atoms with E-state index >= 15 is 0 Å². The number of rotatable bonds is 5. The van der Waals surface area contributed by atoms with E-state index in [2.05, 4.69) is 48.5 Å². The average Bonchev–Trinajstić information content (AvgIpc) is 3.03. The second kappa shape index (κ2) is 7.96. The molecular formula is C21H24N2O3S. The Morgan fingerprint density at radius 2 is 1.93 bits per heavy atom. The number of methoxy groups -OCH3 is 2. The Bertz CT molecular complexity index is 1050. The van der Waals surface area contributed by atoms with Gasteiger partial charge >= 0.3 is 0 Å². The molecule has 0 saturated heterocycles. The number of aromatic nitrogens is 1. The molecule has 3 rings (SSSR count). The summed E-state index contributed by atoms with van der Waals surface area (Å²) in [4.78, 5) is 17.9. The fraction of sp³-hybridized carbons (Fsp3) is 0.333. The van der Waals surface area contributed by atoms with Gasteiger partial charge in [-0.05, 0) is 42.7 Å². The van der Waals surface area contributed by atoms with Gasteiger partial charge < -0.3 is 14.0 Å². The van der Waals surface area contributed by atoms with E-state index in [0.29, 0.717) is 27.8 Å². The van der Waals surface area contributed by atoms with Crippen LogP contribution >= 0.6 is 11.3 Å². The van der Waals surface area contributed by atoms with Gasteiger partial charge in [0.25, 0.3) is 5.91 Å². The summed E-state index contributed by atoms with van der Waals surface area (Å²) in [6.07, 6.45) is 0. The predicted octanol–water partition coefficient (Wildman–Crippen LogP) is 4.60. The maximum absolute atomic E-state index is 12.8. The van der Waals surface area contributed by atoms with Crippen molar-refractivity contribution in [2.24, 2.45) is 4.99 Å². The van der Waals surface area contributed by atoms with Crippen molar-refractivity contribution in [1.29, 1.82) is 0 Å². The van der Waals surface area contributed by atoms with Crippen LogP contribution in [0, 0.1) is 0 Å². The molecule has 27 heavy (non-hydrogen) atoms. The number of carbonyl (C=O) groups is 1. The van der Waals surface area contributed by atoms with Crippen LogP contribution in [0.4, 0.5) is 0 Å². The van der Waals surface area contributed by atoms with E-state index in [0.717, 1.165) is 16.8 Å². The SMILES string of the molecule is CCn1c(=NC(=O)c2ccc(OC)cc2OC)sc2cc(C(C)C)ccc21. The second-order valence-electron chi connectivity index (χ2n) is 6.49. The van der Waals surface area contributed by atoms with E-state index in [9.17, 15) is 4.79 Å². The predicted molar refractivity (Wildman–Crippen MR) is 109 cm³/mol. The van der Waals surface area contributed by atoms with Crippen LogP contribution in [-0.4, -0.2) is 24.7 Å². The Kier molecular flexibility index (Phi) is 5.65. The van der Waals surface area contributed by atoms with Gasteiger partial charge in [0, 0.05) is 12.6 Å². The summed E-state index contributed by atoms with van der Waals surface area (Å²) >= 11 is 1.53. The summed E-state index contributed by atoms with van der Waals surface area (Å²) < 4.78 is 13.7. The lowest BCUT2D eigenvalue weighted by Gasteiger charge is -2.07. The first-order chi connectivity index (χ1) is 13.0. The highest BCUT2D eigenvalue weighted by molar-refractivity contribution is 7.16. The zero-order valence-electron chi connectivity index (χ0n) is 16.3. The van der Waals surface area contributed by atoms with Crippen molar-refractivity contribution in [3.8, 4) is 11.5 Å². The van der Waals surface area contributed by atoms with E-state index in [4.69, 9.17) is 9.47 Å². The highest BCUT2D eigenvalue weighted by atomic mass is 32.1. The average molecular weight is 385 g/mol. The summed E-state index contributed by atoms with van der Waals surface area (Å²) in [5, 5.41) is 0. The number of fused-ring (bicyclic) bond motifs is 1. The lowest BCUT2D eigenvalue weighted by Crippen LogP contribution is -2.16. The molecule has 0 aliphatic rings. The lowest BCUT2D eigenvalue weighted by atomic mass is 10.0. The molecule has 1 amide bonds. The van der Waals surface area contributed by atoms with E-state index in [1.165, 1.54) is 24.0 Å². The Balaban J connectivity index is 2.11. The van der Waals surface area contributed by atoms with Crippen LogP contribution in [0.15, 0.2) is 41.4 Å². The zero-order valence-corrected chi connectivity index (χ0v) is 17.1. The van der Waals surface area contributed by atoms with E-state index in [1.807, 2.05) is 0 Å². The Labute approximate surface area is 162 Å². The number of hydrogen-bond donors (Lipinski definition) is 0. The molecule has 0 saturated carbocycles. The molecule has 0 radical (unpaired) electrons. The van der Waals surface area contributed by atoms with E-state index in [1.54, 1.807) is 25.3 Å². The Morgan fingerprint density at radius 3 is 2.56 bits per heavy atom. The minimum Gasteiger partial charge on any atom is -0.497 e. The largest absolute Gasteiger partial charge is 0.497 e. The van der Waals surface area contributed by atoms with Gasteiger partial charge in [-0.25, -0.2) is 0 Å². The lowest BCUT2D eigenvalue weighted by molar-refractivity contribution is 0.0995. The molecule has 0 bridgehead atoms. The molecule has 6 heteroatoms. The minimum atomic E-state index is -0.327. The van der Waals surface area contributed by atoms with Crippen LogP contribution in [-0.2, 0) is 6.54 Å². The minimum absolute atomic E-state index is 0.327. The van der Waals surface area contributed by atoms with Crippen LogP contribution in [0.3, 0.4) is 0 Å². The van der Waals surface area contributed by atoms with E-state index in [-0.39, 0.29) is 5.91 Å². The molecule has 0 unspecified atom stereocenters. The van der Waals surface area contributed by atoms with Crippen molar-refractivity contribution in [3.05, 3.63) is 52.3 Å². The molecule has 3 aromatic rings. The normalized spacial score (nSPS) is 12.0. The summed E-state index contributed by atoms with van der Waals surface area (Å²) in [6, 6.07) is 11.6. The number of carbonyl (C=O) groups excluding carboxylic acids is 1. The van der Waals surface area contributed by atoms with Crippen molar-refractivity contribution < 1.29 is 14.3 Å². The summed E-state index contributed by atoms with van der Waals surface area (Å²) in [7, 11) is 3.11. The molecule has 1 heterocycles. The van der Waals surface area contributed by atoms with Gasteiger partial charge in [-0.3, -0.25) is 4.79 Å². The van der Waals surface area contributed by atoms with Gasteiger partial charge in [0.2, 0.25) is 0 Å². The number of aryl methyl sites for hydroxylation is 1. The standard InChI is InChI=1S/C21H24N2O3S/c1-6-23-17-10-7-14(13(2)3)11-19(17)27-21(23)22-20(24)16-9-8-15(25-4)12-18(16)26-5/h7-13H,6H2,1-5H3. The number of thiazole rings is 1. The molecule has 0 fully saturated rings. The van der Waals surface area contributed by atoms with Gasteiger partial charge in [-0.15, -0.1) is 0 Å². The Hall–Kier alpha value is -2.60. The third-order valence-corrected chi connectivity index (χ3v) is 5.57. The first-order valence-corrected chi connectivity index (χ1v) is 9.74. The third-order valence-electron chi connectivity index (χ3n) is 4.53. The van der Waals surface area contributed by atoms with Crippen molar-refractivity contribution in [1.82, 2.24) is 4.57 Å². The fourth-order valence-electron chi connectivity index (χ4n) is 2.96. The molecule has 1 aromatic heterocycles. The molecule has 0 atom stereocenters. The number of hydrogen-bond acceptors (Lipinski definition) is 4. The molecule has 0 aliphatic carbocycles. The second-order valence-corrected chi connectivity index (χ2v) is 7.50. The number of amides is 1. The first kappa shape index (κ1) is 19.2. The van der Waals surface area contributed by atoms with Crippen LogP contribution in [0.25, 0.3) is 10.2 Å². The van der Waals surface area contributed by atoms with Gasteiger partial charge in [-0.1, -0.05) is 31.3 Å². The Morgan fingerprint density at radius 1 is 1.15 bits per heavy atom. The quantitative estimate of drug-likeness (QED) is 0.646. The fourth-order valence-corrected chi connectivity index (χ4v) is 4.10. The highest BCUT2D eigenvalue weighted by Crippen LogP contribution is 2.26. The van der Waals surface area contributed by atoms with Crippen molar-refractivity contribution in [3.63, 3.8) is 0 Å². The number of nitrogens with zero attached hydrogens (tertiary/aromatic N) is 2. The van der Waals surface area contributed by atoms with Gasteiger partial charge in [0.1, 0.15) is 11.5 Å². The van der Waals surface area contributed by atoms with Gasteiger partial charge in [0.15, 0.2) is 4.80 Å². The van der Waals surface area contributed by atoms with Crippen LogP contribution in [0.1, 0.15) is 42.6 Å². The van der Waals surface area contributed by atoms with Crippen LogP contribution < -0.4 is 14.3 Å². The summed E-state index contributed by atoms with van der Waals surface area (Å²) in [5.41, 5.74) is 2.79. The molecule has 0 spiro atoms. The molecule has 5 nitrogen and oxygen atoms in total. The first-order valence-electron chi connectivity index (χ1n) is 8.92. The van der Waals surface area contributed by atoms with Gasteiger partial charge in [0.05, 0.1) is 30.0 Å². The molecule has 142 valence electrons. The topological polar surface area (TPSA) is 52.8 Å². The zero-order chi connectivity index (χ0) is 19.6. The molecule has 2 aromatic carbocycles. The molecule has 0 aliphatic heterocycles. The smallest absolute Gasteiger partial charge is 0.283 e. The van der Waals surface area contributed by atoms with Gasteiger partial charge in [-0.2, -0.15) is 4.99 Å². The monoisotopic (exact) mass is 384 g/mol. The molecule has 0 N–H and O–H groups in total. The number of benzene rings is 2. The third kappa shape index (κ3) is 3.76. The maximum atomic E-state index is 12.8. The summed E-state index contributed by atoms with van der Waals surface area (Å²) in [6.45, 7) is 7.15. The van der Waals surface area contributed by atoms with Crippen molar-refractivity contribution >= 4 is 27.5 Å². The number of ether oxygens (including phenoxy) is 2. The molecular weight excluding hydrogens is 360 g/mol. The van der Waals surface area contributed by atoms with Crippen LogP contribution in [0.5, 0.6) is 11.5 Å². The van der Waals surface area contributed by atoms with Crippen molar-refractivity contribution in [2.45, 2.75) is 33.2 Å².